The van der Waals surface area contributed by atoms with Crippen LogP contribution >= 0.6 is 11.6 Å². The Kier molecular flexibility index (Phi) is 2.22. The van der Waals surface area contributed by atoms with Crippen LogP contribution in [0.5, 0.6) is 0 Å². The van der Waals surface area contributed by atoms with Gasteiger partial charge in [-0.05, 0) is 43.0 Å². The predicted octanol–water partition coefficient (Wildman–Crippen LogP) is 3.09. The van der Waals surface area contributed by atoms with Crippen LogP contribution in [-0.2, 0) is 6.42 Å². The van der Waals surface area contributed by atoms with Gasteiger partial charge in [0.1, 0.15) is 0 Å². The van der Waals surface area contributed by atoms with E-state index in [1.54, 1.807) is 0 Å². The number of rotatable bonds is 0. The van der Waals surface area contributed by atoms with Crippen LogP contribution in [0.25, 0.3) is 0 Å². The van der Waals surface area contributed by atoms with Crippen molar-refractivity contribution in [3.05, 3.63) is 28.8 Å². The van der Waals surface area contributed by atoms with Crippen LogP contribution in [0.4, 0.5) is 5.69 Å². The van der Waals surface area contributed by atoms with E-state index in [-0.39, 0.29) is 0 Å². The first kappa shape index (κ1) is 7.93. The Balaban J connectivity index is 2.36. The monoisotopic (exact) mass is 181 g/mol. The summed E-state index contributed by atoms with van der Waals surface area (Å²) < 4.78 is 0. The standard InChI is InChI=1S/C10H12ClN/c11-9-4-5-10-8(7-9)3-1-2-6-12-10/h4-5,7,12H,1-3,6H2. The molecule has 1 aromatic carbocycles. The van der Waals surface area contributed by atoms with Gasteiger partial charge in [-0.3, -0.25) is 0 Å². The van der Waals surface area contributed by atoms with E-state index >= 15 is 0 Å². The fourth-order valence-electron chi connectivity index (χ4n) is 1.61. The SMILES string of the molecule is Clc1ccc2c(c1)CCCCN2. The van der Waals surface area contributed by atoms with Crippen molar-refractivity contribution in [2.75, 3.05) is 11.9 Å². The number of hydrogen-bond donors (Lipinski definition) is 1. The average Bonchev–Trinajstić information content (AvgIpc) is 2.28. The summed E-state index contributed by atoms with van der Waals surface area (Å²) in [6.45, 7) is 1.09. The average molecular weight is 182 g/mol. The molecule has 0 bridgehead atoms. The highest BCUT2D eigenvalue weighted by Crippen LogP contribution is 2.24. The molecule has 1 heterocycles. The molecule has 2 rings (SSSR count). The minimum Gasteiger partial charge on any atom is -0.385 e. The highest BCUT2D eigenvalue weighted by molar-refractivity contribution is 6.30. The maximum absolute atomic E-state index is 5.90. The molecule has 1 nitrogen and oxygen atoms in total. The molecule has 1 N–H and O–H groups in total. The molecular weight excluding hydrogens is 170 g/mol. The van der Waals surface area contributed by atoms with E-state index in [1.165, 1.54) is 24.1 Å². The quantitative estimate of drug-likeness (QED) is 0.649. The first-order valence-electron chi connectivity index (χ1n) is 4.38. The van der Waals surface area contributed by atoms with Gasteiger partial charge in [0.2, 0.25) is 0 Å². The maximum Gasteiger partial charge on any atom is 0.0410 e. The summed E-state index contributed by atoms with van der Waals surface area (Å²) in [5.74, 6) is 0. The Hall–Kier alpha value is -0.690. The van der Waals surface area contributed by atoms with E-state index in [9.17, 15) is 0 Å². The topological polar surface area (TPSA) is 12.0 Å². The molecule has 0 saturated heterocycles. The van der Waals surface area contributed by atoms with Gasteiger partial charge in [-0.2, -0.15) is 0 Å². The maximum atomic E-state index is 5.90. The van der Waals surface area contributed by atoms with Crippen LogP contribution in [0.1, 0.15) is 18.4 Å². The second-order valence-electron chi connectivity index (χ2n) is 3.19. The minimum absolute atomic E-state index is 0.845. The highest BCUT2D eigenvalue weighted by atomic mass is 35.5. The van der Waals surface area contributed by atoms with Crippen molar-refractivity contribution in [2.24, 2.45) is 0 Å². The zero-order valence-corrected chi connectivity index (χ0v) is 7.69. The molecule has 0 aliphatic carbocycles. The van der Waals surface area contributed by atoms with Crippen molar-refractivity contribution in [3.63, 3.8) is 0 Å². The molecule has 0 amide bonds. The van der Waals surface area contributed by atoms with Gasteiger partial charge >= 0.3 is 0 Å². The van der Waals surface area contributed by atoms with Crippen LogP contribution < -0.4 is 5.32 Å². The Bertz CT molecular complexity index is 283. The molecular formula is C10H12ClN. The fraction of sp³-hybridized carbons (Fsp3) is 0.400. The van der Waals surface area contributed by atoms with Crippen molar-refractivity contribution >= 4 is 17.3 Å². The zero-order valence-electron chi connectivity index (χ0n) is 6.94. The van der Waals surface area contributed by atoms with Crippen LogP contribution in [0.15, 0.2) is 18.2 Å². The van der Waals surface area contributed by atoms with Crippen LogP contribution in [0, 0.1) is 0 Å². The van der Waals surface area contributed by atoms with Crippen molar-refractivity contribution in [1.82, 2.24) is 0 Å². The summed E-state index contributed by atoms with van der Waals surface area (Å²) in [5.41, 5.74) is 2.62. The smallest absolute Gasteiger partial charge is 0.0410 e. The fourth-order valence-corrected chi connectivity index (χ4v) is 1.80. The second kappa shape index (κ2) is 3.36. The van der Waals surface area contributed by atoms with Crippen molar-refractivity contribution in [2.45, 2.75) is 19.3 Å². The lowest BCUT2D eigenvalue weighted by Crippen LogP contribution is -1.98. The van der Waals surface area contributed by atoms with Gasteiger partial charge in [0.25, 0.3) is 0 Å². The van der Waals surface area contributed by atoms with Gasteiger partial charge in [0, 0.05) is 17.3 Å². The summed E-state index contributed by atoms with van der Waals surface area (Å²) in [7, 11) is 0. The first-order chi connectivity index (χ1) is 5.86. The van der Waals surface area contributed by atoms with Gasteiger partial charge < -0.3 is 5.32 Å². The van der Waals surface area contributed by atoms with Gasteiger partial charge in [-0.1, -0.05) is 11.6 Å². The van der Waals surface area contributed by atoms with Gasteiger partial charge in [-0.25, -0.2) is 0 Å². The number of fused-ring (bicyclic) bond motifs is 1. The largest absolute Gasteiger partial charge is 0.385 e. The predicted molar refractivity (Wildman–Crippen MR) is 52.9 cm³/mol. The van der Waals surface area contributed by atoms with Crippen LogP contribution in [-0.4, -0.2) is 6.54 Å². The molecule has 2 heteroatoms. The van der Waals surface area contributed by atoms with E-state index in [1.807, 2.05) is 6.07 Å². The molecule has 1 aliphatic rings. The number of nitrogens with one attached hydrogen (secondary N) is 1. The van der Waals surface area contributed by atoms with Gasteiger partial charge in [0.15, 0.2) is 0 Å². The number of halogens is 1. The normalized spacial score (nSPS) is 16.1. The van der Waals surface area contributed by atoms with E-state index in [0.29, 0.717) is 0 Å². The molecule has 1 aromatic rings. The van der Waals surface area contributed by atoms with E-state index in [2.05, 4.69) is 17.4 Å². The van der Waals surface area contributed by atoms with Crippen molar-refractivity contribution in [3.8, 4) is 0 Å². The third-order valence-corrected chi connectivity index (χ3v) is 2.49. The Morgan fingerprint density at radius 1 is 1.25 bits per heavy atom. The summed E-state index contributed by atoms with van der Waals surface area (Å²) in [4.78, 5) is 0. The van der Waals surface area contributed by atoms with E-state index in [4.69, 9.17) is 11.6 Å². The first-order valence-corrected chi connectivity index (χ1v) is 4.76. The van der Waals surface area contributed by atoms with E-state index in [0.717, 1.165) is 18.0 Å². The van der Waals surface area contributed by atoms with Gasteiger partial charge in [-0.15, -0.1) is 0 Å². The summed E-state index contributed by atoms with van der Waals surface area (Å²) >= 11 is 5.90. The van der Waals surface area contributed by atoms with Gasteiger partial charge in [0.05, 0.1) is 0 Å². The molecule has 0 fully saturated rings. The van der Waals surface area contributed by atoms with Crippen LogP contribution in [0.3, 0.4) is 0 Å². The second-order valence-corrected chi connectivity index (χ2v) is 3.62. The Labute approximate surface area is 77.7 Å². The molecule has 0 spiro atoms. The molecule has 0 atom stereocenters. The molecule has 1 aliphatic heterocycles. The molecule has 12 heavy (non-hydrogen) atoms. The lowest BCUT2D eigenvalue weighted by atomic mass is 10.1. The molecule has 0 aromatic heterocycles. The van der Waals surface area contributed by atoms with Crippen LogP contribution in [0.2, 0.25) is 5.02 Å². The highest BCUT2D eigenvalue weighted by Gasteiger charge is 2.06. The Morgan fingerprint density at radius 3 is 3.08 bits per heavy atom. The van der Waals surface area contributed by atoms with E-state index < -0.39 is 0 Å². The minimum atomic E-state index is 0.845. The number of aryl methyl sites for hydroxylation is 1. The third-order valence-electron chi connectivity index (χ3n) is 2.26. The lowest BCUT2D eigenvalue weighted by Gasteiger charge is -2.06. The Morgan fingerprint density at radius 2 is 2.17 bits per heavy atom. The zero-order chi connectivity index (χ0) is 8.39. The molecule has 0 unspecified atom stereocenters. The number of anilines is 1. The lowest BCUT2D eigenvalue weighted by molar-refractivity contribution is 0.785. The summed E-state index contributed by atoms with van der Waals surface area (Å²) in [6.07, 6.45) is 3.68. The molecule has 0 saturated carbocycles. The molecule has 64 valence electrons. The number of benzene rings is 1. The summed E-state index contributed by atoms with van der Waals surface area (Å²) in [5, 5.41) is 4.24. The third kappa shape index (κ3) is 1.56. The number of hydrogen-bond acceptors (Lipinski definition) is 1. The van der Waals surface area contributed by atoms with Crippen molar-refractivity contribution in [1.29, 1.82) is 0 Å². The summed E-state index contributed by atoms with van der Waals surface area (Å²) in [6, 6.07) is 6.08. The molecule has 0 radical (unpaired) electrons. The van der Waals surface area contributed by atoms with Crippen molar-refractivity contribution < 1.29 is 0 Å².